The van der Waals surface area contributed by atoms with Crippen LogP contribution in [-0.2, 0) is 31.2 Å². The van der Waals surface area contributed by atoms with Crippen molar-refractivity contribution in [2.45, 2.75) is 121 Å². The van der Waals surface area contributed by atoms with Gasteiger partial charge in [0.2, 0.25) is 0 Å². The van der Waals surface area contributed by atoms with Gasteiger partial charge in [-0.05, 0) is 107 Å². The number of aromatic nitrogens is 4. The van der Waals surface area contributed by atoms with E-state index < -0.39 is 5.97 Å². The maximum absolute atomic E-state index is 13.8. The normalized spacial score (nSPS) is 27.0. The van der Waals surface area contributed by atoms with Crippen LogP contribution in [0.1, 0.15) is 111 Å². The number of fused-ring (bicyclic) bond motifs is 3. The first-order chi connectivity index (χ1) is 22.8. The minimum atomic E-state index is -0.657. The van der Waals surface area contributed by atoms with Crippen molar-refractivity contribution >= 4 is 11.8 Å². The highest BCUT2D eigenvalue weighted by Crippen LogP contribution is 2.40. The third-order valence-electron chi connectivity index (χ3n) is 11.7. The van der Waals surface area contributed by atoms with Gasteiger partial charge in [0.15, 0.2) is 0 Å². The second kappa shape index (κ2) is 14.0. The fourth-order valence-corrected chi connectivity index (χ4v) is 9.06. The monoisotopic (exact) mass is 643 g/mol. The number of anilines is 1. The van der Waals surface area contributed by atoms with Crippen LogP contribution in [0.25, 0.3) is 0 Å². The summed E-state index contributed by atoms with van der Waals surface area (Å²) < 4.78 is 15.7. The third kappa shape index (κ3) is 7.09. The van der Waals surface area contributed by atoms with Crippen molar-refractivity contribution in [1.82, 2.24) is 30.0 Å². The number of carboxylic acid groups (broad SMARTS) is 1. The number of rotatable bonds is 12. The second-order valence-corrected chi connectivity index (χ2v) is 14.6. The van der Waals surface area contributed by atoms with Gasteiger partial charge in [-0.1, -0.05) is 19.1 Å². The summed E-state index contributed by atoms with van der Waals surface area (Å²) in [6.07, 6.45) is 16.3. The van der Waals surface area contributed by atoms with Gasteiger partial charge in [0.1, 0.15) is 17.5 Å². The van der Waals surface area contributed by atoms with Crippen molar-refractivity contribution < 1.29 is 14.3 Å². The summed E-state index contributed by atoms with van der Waals surface area (Å²) in [7, 11) is 1.97. The highest BCUT2D eigenvalue weighted by atomic mass is 19.1. The molecule has 2 aliphatic carbocycles. The lowest BCUT2D eigenvalue weighted by Gasteiger charge is -2.33. The molecule has 3 aromatic rings. The van der Waals surface area contributed by atoms with Crippen LogP contribution in [0.15, 0.2) is 36.7 Å². The van der Waals surface area contributed by atoms with Crippen molar-refractivity contribution in [3.05, 3.63) is 70.7 Å². The summed E-state index contributed by atoms with van der Waals surface area (Å²) in [6.45, 7) is 3.71. The summed E-state index contributed by atoms with van der Waals surface area (Å²) in [5.41, 5.74) is 4.61. The van der Waals surface area contributed by atoms with Crippen LogP contribution in [0.4, 0.5) is 10.2 Å². The van der Waals surface area contributed by atoms with Crippen molar-refractivity contribution in [1.29, 1.82) is 0 Å². The van der Waals surface area contributed by atoms with Crippen molar-refractivity contribution in [3.63, 3.8) is 0 Å². The number of hydrogen-bond donors (Lipinski definition) is 3. The zero-order valence-corrected chi connectivity index (χ0v) is 27.9. The Morgan fingerprint density at radius 2 is 1.74 bits per heavy atom. The lowest BCUT2D eigenvalue weighted by atomic mass is 9.78. The lowest BCUT2D eigenvalue weighted by Crippen LogP contribution is -2.38. The van der Waals surface area contributed by atoms with E-state index in [1.54, 1.807) is 12.1 Å². The van der Waals surface area contributed by atoms with E-state index in [1.165, 1.54) is 36.8 Å². The Kier molecular flexibility index (Phi) is 9.59. The van der Waals surface area contributed by atoms with Gasteiger partial charge in [-0.3, -0.25) is 14.4 Å². The van der Waals surface area contributed by atoms with Gasteiger partial charge in [-0.2, -0.15) is 5.10 Å². The average molecular weight is 644 g/mol. The van der Waals surface area contributed by atoms with Gasteiger partial charge in [-0.15, -0.1) is 0 Å². The SMILES string of the molecule is CC[C@@H](NCc1nc2c(c(N[C@@H](CN3C4CCC3CC4)c3cnn(C)c3)n1)C[C@H](c1ccc(F)cc1)CC2)C1CCC(C(=O)O)CC1. The predicted molar refractivity (Wildman–Crippen MR) is 180 cm³/mol. The maximum Gasteiger partial charge on any atom is 0.306 e. The largest absolute Gasteiger partial charge is 0.481 e. The molecule has 2 saturated heterocycles. The molecule has 10 heteroatoms. The topological polar surface area (TPSA) is 108 Å². The fourth-order valence-electron chi connectivity index (χ4n) is 9.06. The van der Waals surface area contributed by atoms with E-state index in [2.05, 4.69) is 33.8 Å². The first-order valence-corrected chi connectivity index (χ1v) is 18.0. The molecule has 0 radical (unpaired) electrons. The first kappa shape index (κ1) is 32.2. The molecule has 9 nitrogen and oxygen atoms in total. The predicted octanol–water partition coefficient (Wildman–Crippen LogP) is 6.16. The molecule has 47 heavy (non-hydrogen) atoms. The van der Waals surface area contributed by atoms with Crippen molar-refractivity contribution in [2.75, 3.05) is 11.9 Å². The Morgan fingerprint density at radius 1 is 1.02 bits per heavy atom. The van der Waals surface area contributed by atoms with Crippen LogP contribution in [-0.4, -0.2) is 60.4 Å². The molecular weight excluding hydrogens is 593 g/mol. The number of benzene rings is 1. The molecule has 1 aromatic carbocycles. The first-order valence-electron chi connectivity index (χ1n) is 18.0. The van der Waals surface area contributed by atoms with Gasteiger partial charge in [0, 0.05) is 54.7 Å². The second-order valence-electron chi connectivity index (χ2n) is 14.6. The molecule has 252 valence electrons. The van der Waals surface area contributed by atoms with Crippen LogP contribution in [0.3, 0.4) is 0 Å². The van der Waals surface area contributed by atoms with E-state index in [-0.39, 0.29) is 23.7 Å². The fraction of sp³-hybridized carbons (Fsp3) is 0.622. The average Bonchev–Trinajstić information content (AvgIpc) is 3.80. The lowest BCUT2D eigenvalue weighted by molar-refractivity contribution is -0.143. The highest BCUT2D eigenvalue weighted by molar-refractivity contribution is 5.70. The molecule has 2 aromatic heterocycles. The van der Waals surface area contributed by atoms with E-state index in [0.29, 0.717) is 30.6 Å². The molecule has 2 bridgehead atoms. The summed E-state index contributed by atoms with van der Waals surface area (Å²) >= 11 is 0. The third-order valence-corrected chi connectivity index (χ3v) is 11.7. The Balaban J connectivity index is 1.15. The Labute approximate surface area is 277 Å². The Bertz CT molecular complexity index is 1520. The molecular formula is C37H50FN7O2. The number of nitrogens with one attached hydrogen (secondary N) is 2. The van der Waals surface area contributed by atoms with E-state index in [4.69, 9.17) is 9.97 Å². The van der Waals surface area contributed by atoms with Gasteiger partial charge in [0.05, 0.1) is 24.7 Å². The smallest absolute Gasteiger partial charge is 0.306 e. The number of hydrogen-bond acceptors (Lipinski definition) is 7. The van der Waals surface area contributed by atoms with Gasteiger partial charge in [0.25, 0.3) is 0 Å². The van der Waals surface area contributed by atoms with Crippen molar-refractivity contribution in [2.24, 2.45) is 18.9 Å². The molecule has 4 heterocycles. The standard InChI is InChI=1S/C37H50FN7O2/c1-3-32(24-4-6-25(7-5-24)37(46)47)39-20-35-41-33-17-10-26(23-8-11-28(38)12-9-23)18-31(33)36(43-35)42-34(27-19-40-44(2)21-27)22-45-29-13-14-30(45)16-15-29/h8-9,11-12,19,21,24-26,29-30,32,34,39H,3-7,10,13-18,20,22H2,1-2H3,(H,46,47)(H,41,42,43)/t24?,25?,26-,29?,30?,32-,34+/m1/s1. The number of nitrogens with zero attached hydrogens (tertiary/aromatic N) is 5. The van der Waals surface area contributed by atoms with Crippen molar-refractivity contribution in [3.8, 4) is 0 Å². The number of aryl methyl sites for hydroxylation is 2. The van der Waals surface area contributed by atoms with Gasteiger partial charge < -0.3 is 15.7 Å². The molecule has 0 amide bonds. The van der Waals surface area contributed by atoms with E-state index in [0.717, 1.165) is 80.8 Å². The zero-order chi connectivity index (χ0) is 32.5. The number of carboxylic acids is 1. The molecule has 1 saturated carbocycles. The molecule has 3 fully saturated rings. The molecule has 3 N–H and O–H groups in total. The number of aliphatic carboxylic acids is 1. The van der Waals surface area contributed by atoms with Crippen LogP contribution >= 0.6 is 0 Å². The van der Waals surface area contributed by atoms with Crippen LogP contribution in [0.2, 0.25) is 0 Å². The number of halogens is 1. The molecule has 0 unspecified atom stereocenters. The quantitative estimate of drug-likeness (QED) is 0.215. The minimum absolute atomic E-state index is 0.0451. The molecule has 2 aliphatic heterocycles. The summed E-state index contributed by atoms with van der Waals surface area (Å²) in [5, 5.41) is 21.7. The molecule has 0 spiro atoms. The number of carbonyl (C=O) groups is 1. The summed E-state index contributed by atoms with van der Waals surface area (Å²) in [5.74, 6) is 1.40. The van der Waals surface area contributed by atoms with Crippen LogP contribution in [0, 0.1) is 17.7 Å². The minimum Gasteiger partial charge on any atom is -0.481 e. The Hall–Kier alpha value is -3.37. The van der Waals surface area contributed by atoms with Gasteiger partial charge >= 0.3 is 5.97 Å². The molecule has 7 rings (SSSR count). The highest BCUT2D eigenvalue weighted by Gasteiger charge is 2.40. The maximum atomic E-state index is 13.8. The Morgan fingerprint density at radius 3 is 2.38 bits per heavy atom. The summed E-state index contributed by atoms with van der Waals surface area (Å²) in [4.78, 5) is 24.6. The van der Waals surface area contributed by atoms with Gasteiger partial charge in [-0.25, -0.2) is 14.4 Å². The molecule has 4 aliphatic rings. The van der Waals surface area contributed by atoms with E-state index >= 15 is 0 Å². The summed E-state index contributed by atoms with van der Waals surface area (Å²) in [6, 6.07) is 8.66. The zero-order valence-electron chi connectivity index (χ0n) is 27.9. The van der Waals surface area contributed by atoms with E-state index in [9.17, 15) is 14.3 Å². The van der Waals surface area contributed by atoms with E-state index in [1.807, 2.05) is 30.1 Å². The van der Waals surface area contributed by atoms with Crippen LogP contribution in [0.5, 0.6) is 0 Å². The molecule has 3 atom stereocenters. The van der Waals surface area contributed by atoms with Crippen LogP contribution < -0.4 is 10.6 Å².